The molecule has 0 aromatic heterocycles. The Labute approximate surface area is 127 Å². The molecule has 0 saturated carbocycles. The van der Waals surface area contributed by atoms with Crippen LogP contribution in [-0.4, -0.2) is 37.0 Å². The lowest BCUT2D eigenvalue weighted by Crippen LogP contribution is -2.40. The molecule has 0 spiro atoms. The first kappa shape index (κ1) is 15.4. The lowest BCUT2D eigenvalue weighted by Gasteiger charge is -2.30. The van der Waals surface area contributed by atoms with Gasteiger partial charge in [-0.1, -0.05) is 22.9 Å². The second kappa shape index (κ2) is 7.18. The molecule has 3 nitrogen and oxygen atoms in total. The smallest absolute Gasteiger partial charge is 0.254 e. The van der Waals surface area contributed by atoms with Crippen molar-refractivity contribution in [1.29, 1.82) is 0 Å². The van der Waals surface area contributed by atoms with Crippen molar-refractivity contribution >= 4 is 21.8 Å². The highest BCUT2D eigenvalue weighted by molar-refractivity contribution is 9.10. The zero-order valence-electron chi connectivity index (χ0n) is 11.7. The van der Waals surface area contributed by atoms with E-state index >= 15 is 0 Å². The number of nitrogens with one attached hydrogen (secondary N) is 1. The van der Waals surface area contributed by atoms with Crippen LogP contribution in [0.5, 0.6) is 0 Å². The molecule has 1 aliphatic rings. The molecule has 0 aliphatic carbocycles. The molecule has 0 radical (unpaired) electrons. The molecule has 1 saturated heterocycles. The Balaban J connectivity index is 1.81. The summed E-state index contributed by atoms with van der Waals surface area (Å²) in [6.45, 7) is 5.80. The third-order valence-corrected chi connectivity index (χ3v) is 4.12. The SMILES string of the molecule is C[C@@H]1CCCN(CCNC(=O)c2cc(Br)ccc2F)C1. The van der Waals surface area contributed by atoms with Crippen LogP contribution in [0.1, 0.15) is 30.1 Å². The van der Waals surface area contributed by atoms with Crippen LogP contribution >= 0.6 is 15.9 Å². The van der Waals surface area contributed by atoms with Gasteiger partial charge in [0.2, 0.25) is 0 Å². The van der Waals surface area contributed by atoms with Crippen LogP contribution in [0, 0.1) is 11.7 Å². The maximum atomic E-state index is 13.6. The van der Waals surface area contributed by atoms with Crippen molar-refractivity contribution in [1.82, 2.24) is 10.2 Å². The number of hydrogen-bond acceptors (Lipinski definition) is 2. The number of carbonyl (C=O) groups is 1. The lowest BCUT2D eigenvalue weighted by molar-refractivity contribution is 0.0939. The highest BCUT2D eigenvalue weighted by Gasteiger charge is 2.16. The summed E-state index contributed by atoms with van der Waals surface area (Å²) in [4.78, 5) is 14.3. The molecule has 1 heterocycles. The molecule has 1 atom stereocenters. The van der Waals surface area contributed by atoms with Crippen LogP contribution in [-0.2, 0) is 0 Å². The van der Waals surface area contributed by atoms with Crippen molar-refractivity contribution in [3.05, 3.63) is 34.1 Å². The second-order valence-electron chi connectivity index (χ2n) is 5.43. The zero-order chi connectivity index (χ0) is 14.5. The third kappa shape index (κ3) is 4.28. The van der Waals surface area contributed by atoms with Crippen LogP contribution in [0.2, 0.25) is 0 Å². The number of nitrogens with zero attached hydrogens (tertiary/aromatic N) is 1. The zero-order valence-corrected chi connectivity index (χ0v) is 13.2. The predicted octanol–water partition coefficient (Wildman–Crippen LogP) is 3.05. The lowest BCUT2D eigenvalue weighted by atomic mass is 10.0. The molecule has 1 N–H and O–H groups in total. The van der Waals surface area contributed by atoms with Gasteiger partial charge in [0.1, 0.15) is 5.82 Å². The highest BCUT2D eigenvalue weighted by atomic mass is 79.9. The summed E-state index contributed by atoms with van der Waals surface area (Å²) in [6.07, 6.45) is 2.50. The summed E-state index contributed by atoms with van der Waals surface area (Å²) in [7, 11) is 0. The van der Waals surface area contributed by atoms with Crippen LogP contribution < -0.4 is 5.32 Å². The minimum absolute atomic E-state index is 0.0892. The first-order valence-electron chi connectivity index (χ1n) is 7.02. The summed E-state index contributed by atoms with van der Waals surface area (Å²) in [5.41, 5.74) is 0.0892. The minimum atomic E-state index is -0.489. The average Bonchev–Trinajstić information content (AvgIpc) is 2.41. The number of likely N-dealkylation sites (tertiary alicyclic amines) is 1. The van der Waals surface area contributed by atoms with Gasteiger partial charge in [-0.2, -0.15) is 0 Å². The van der Waals surface area contributed by atoms with Crippen molar-refractivity contribution < 1.29 is 9.18 Å². The molecule has 1 aliphatic heterocycles. The number of piperidine rings is 1. The largest absolute Gasteiger partial charge is 0.351 e. The van der Waals surface area contributed by atoms with Gasteiger partial charge in [-0.25, -0.2) is 4.39 Å². The third-order valence-electron chi connectivity index (χ3n) is 3.63. The van der Waals surface area contributed by atoms with Gasteiger partial charge in [-0.05, 0) is 43.5 Å². The summed E-state index contributed by atoms with van der Waals surface area (Å²) in [6, 6.07) is 4.39. The number of hydrogen-bond donors (Lipinski definition) is 1. The summed E-state index contributed by atoms with van der Waals surface area (Å²) >= 11 is 3.25. The van der Waals surface area contributed by atoms with Gasteiger partial charge in [0.25, 0.3) is 5.91 Å². The van der Waals surface area contributed by atoms with E-state index in [1.165, 1.54) is 25.0 Å². The molecule has 0 unspecified atom stereocenters. The highest BCUT2D eigenvalue weighted by Crippen LogP contribution is 2.16. The predicted molar refractivity (Wildman–Crippen MR) is 81.3 cm³/mol. The normalized spacial score (nSPS) is 19.9. The van der Waals surface area contributed by atoms with Crippen molar-refractivity contribution in [2.45, 2.75) is 19.8 Å². The number of carbonyl (C=O) groups excluding carboxylic acids is 1. The molecule has 1 fully saturated rings. The fraction of sp³-hybridized carbons (Fsp3) is 0.533. The summed E-state index contributed by atoms with van der Waals surface area (Å²) < 4.78 is 14.3. The standard InChI is InChI=1S/C15H20BrFN2O/c1-11-3-2-7-19(10-11)8-6-18-15(20)13-9-12(16)4-5-14(13)17/h4-5,9,11H,2-3,6-8,10H2,1H3,(H,18,20)/t11-/m1/s1. The number of halogens is 2. The number of amides is 1. The fourth-order valence-corrected chi connectivity index (χ4v) is 2.95. The Bertz CT molecular complexity index is 481. The van der Waals surface area contributed by atoms with Gasteiger partial charge < -0.3 is 10.2 Å². The molecule has 5 heteroatoms. The van der Waals surface area contributed by atoms with Crippen LogP contribution in [0.15, 0.2) is 22.7 Å². The van der Waals surface area contributed by atoms with E-state index in [4.69, 9.17) is 0 Å². The van der Waals surface area contributed by atoms with E-state index in [0.717, 1.165) is 25.6 Å². The maximum Gasteiger partial charge on any atom is 0.254 e. The molecular weight excluding hydrogens is 323 g/mol. The fourth-order valence-electron chi connectivity index (χ4n) is 2.58. The van der Waals surface area contributed by atoms with Crippen molar-refractivity contribution in [3.63, 3.8) is 0 Å². The van der Waals surface area contributed by atoms with E-state index in [9.17, 15) is 9.18 Å². The van der Waals surface area contributed by atoms with Crippen LogP contribution in [0.4, 0.5) is 4.39 Å². The average molecular weight is 343 g/mol. The molecule has 1 amide bonds. The monoisotopic (exact) mass is 342 g/mol. The molecule has 20 heavy (non-hydrogen) atoms. The summed E-state index contributed by atoms with van der Waals surface area (Å²) in [5.74, 6) is -0.117. The van der Waals surface area contributed by atoms with E-state index in [0.29, 0.717) is 11.0 Å². The Kier molecular flexibility index (Phi) is 5.54. The molecule has 1 aromatic carbocycles. The van der Waals surface area contributed by atoms with E-state index in [1.807, 2.05) is 0 Å². The maximum absolute atomic E-state index is 13.6. The Morgan fingerprint density at radius 1 is 1.55 bits per heavy atom. The molecule has 2 rings (SSSR count). The quantitative estimate of drug-likeness (QED) is 0.911. The molecule has 110 valence electrons. The van der Waals surface area contributed by atoms with Gasteiger partial charge in [0, 0.05) is 24.1 Å². The Morgan fingerprint density at radius 3 is 3.10 bits per heavy atom. The molecule has 0 bridgehead atoms. The van der Waals surface area contributed by atoms with Gasteiger partial charge in [0.05, 0.1) is 5.56 Å². The first-order valence-corrected chi connectivity index (χ1v) is 7.81. The van der Waals surface area contributed by atoms with Gasteiger partial charge in [-0.3, -0.25) is 4.79 Å². The second-order valence-corrected chi connectivity index (χ2v) is 6.34. The van der Waals surface area contributed by atoms with Crippen molar-refractivity contribution in [3.8, 4) is 0 Å². The van der Waals surface area contributed by atoms with Gasteiger partial charge >= 0.3 is 0 Å². The number of benzene rings is 1. The van der Waals surface area contributed by atoms with E-state index in [-0.39, 0.29) is 11.5 Å². The van der Waals surface area contributed by atoms with Crippen molar-refractivity contribution in [2.75, 3.05) is 26.2 Å². The van der Waals surface area contributed by atoms with Gasteiger partial charge in [-0.15, -0.1) is 0 Å². The van der Waals surface area contributed by atoms with Gasteiger partial charge in [0.15, 0.2) is 0 Å². The van der Waals surface area contributed by atoms with Crippen LogP contribution in [0.25, 0.3) is 0 Å². The van der Waals surface area contributed by atoms with E-state index in [2.05, 4.69) is 33.1 Å². The minimum Gasteiger partial charge on any atom is -0.351 e. The Morgan fingerprint density at radius 2 is 2.35 bits per heavy atom. The molecule has 1 aromatic rings. The van der Waals surface area contributed by atoms with E-state index < -0.39 is 5.82 Å². The van der Waals surface area contributed by atoms with E-state index in [1.54, 1.807) is 6.07 Å². The topological polar surface area (TPSA) is 32.3 Å². The van der Waals surface area contributed by atoms with Crippen LogP contribution in [0.3, 0.4) is 0 Å². The number of rotatable bonds is 4. The molecular formula is C15H20BrFN2O. The first-order chi connectivity index (χ1) is 9.56. The van der Waals surface area contributed by atoms with Crippen molar-refractivity contribution in [2.24, 2.45) is 5.92 Å². The Hall–Kier alpha value is -0.940. The summed E-state index contributed by atoms with van der Waals surface area (Å²) in [5, 5.41) is 2.79.